The molecule has 1 nitrogen and oxygen atoms in total. The second kappa shape index (κ2) is 8.96. The summed E-state index contributed by atoms with van der Waals surface area (Å²) >= 11 is 0. The van der Waals surface area contributed by atoms with Gasteiger partial charge in [0.25, 0.3) is 0 Å². The SMILES string of the molecule is C.CC(C)(C)CCN1CCCCC1.[2H]C([2H])([2H])C(C)(C)C. The van der Waals surface area contributed by atoms with Crippen LogP contribution in [0.4, 0.5) is 0 Å². The third-order valence-electron chi connectivity index (χ3n) is 2.63. The van der Waals surface area contributed by atoms with Gasteiger partial charge in [-0.15, -0.1) is 0 Å². The van der Waals surface area contributed by atoms with E-state index in [1.165, 1.54) is 45.3 Å². The predicted octanol–water partition coefficient (Wildman–Crippen LogP) is 5.60. The average Bonchev–Trinajstić information content (AvgIpc) is 2.25. The van der Waals surface area contributed by atoms with Crippen molar-refractivity contribution in [3.8, 4) is 0 Å². The fraction of sp³-hybridized carbons (Fsp3) is 1.00. The third-order valence-corrected chi connectivity index (χ3v) is 2.63. The molecule has 1 aliphatic heterocycles. The first-order chi connectivity index (χ1) is 8.83. The van der Waals surface area contributed by atoms with Crippen molar-refractivity contribution in [1.29, 1.82) is 0 Å². The molecule has 18 heavy (non-hydrogen) atoms. The summed E-state index contributed by atoms with van der Waals surface area (Å²) in [6.45, 7) is 14.3. The largest absolute Gasteiger partial charge is 0.303 e. The molecule has 0 unspecified atom stereocenters. The molecule has 0 aromatic rings. The molecule has 0 aliphatic carbocycles. The fourth-order valence-corrected chi connectivity index (χ4v) is 1.68. The van der Waals surface area contributed by atoms with E-state index in [0.29, 0.717) is 5.41 Å². The van der Waals surface area contributed by atoms with E-state index < -0.39 is 12.3 Å². The molecule has 1 saturated heterocycles. The van der Waals surface area contributed by atoms with Gasteiger partial charge in [0, 0.05) is 4.11 Å². The number of piperidine rings is 1. The van der Waals surface area contributed by atoms with Crippen LogP contribution in [0.25, 0.3) is 0 Å². The monoisotopic (exact) mass is 260 g/mol. The number of hydrogen-bond donors (Lipinski definition) is 0. The highest BCUT2D eigenvalue weighted by molar-refractivity contribution is 4.69. The predicted molar refractivity (Wildman–Crippen MR) is 86.2 cm³/mol. The maximum Gasteiger partial charge on any atom is 0.0236 e. The first kappa shape index (κ1) is 14.4. The summed E-state index contributed by atoms with van der Waals surface area (Å²) in [6, 6.07) is 0. The van der Waals surface area contributed by atoms with Crippen LogP contribution in [0, 0.1) is 10.8 Å². The standard InChI is InChI=1S/C11H23N.C5H12.CH4/c1-11(2,3)7-10-12-8-5-4-6-9-12;1-5(2,3)4;/h4-10H2,1-3H3;1-4H3;1H4/i;1D3;. The van der Waals surface area contributed by atoms with Crippen molar-refractivity contribution in [3.63, 3.8) is 0 Å². The Morgan fingerprint density at radius 1 is 0.944 bits per heavy atom. The summed E-state index contributed by atoms with van der Waals surface area (Å²) in [4.78, 5) is 2.62. The molecule has 0 amide bonds. The zero-order valence-corrected chi connectivity index (χ0v) is 12.9. The van der Waals surface area contributed by atoms with Crippen LogP contribution in [0.3, 0.4) is 0 Å². The fourth-order valence-electron chi connectivity index (χ4n) is 1.68. The van der Waals surface area contributed by atoms with E-state index in [1.54, 1.807) is 20.8 Å². The molecule has 0 spiro atoms. The Balaban J connectivity index is 0. The number of rotatable bonds is 2. The van der Waals surface area contributed by atoms with Crippen molar-refractivity contribution in [2.45, 2.75) is 81.5 Å². The molecular formula is C17H39N. The van der Waals surface area contributed by atoms with Crippen LogP contribution in [0.1, 0.15) is 85.6 Å². The van der Waals surface area contributed by atoms with Gasteiger partial charge in [-0.3, -0.25) is 0 Å². The first-order valence-electron chi connectivity index (χ1n) is 8.55. The molecule has 0 aromatic heterocycles. The van der Waals surface area contributed by atoms with Crippen molar-refractivity contribution in [3.05, 3.63) is 0 Å². The molecule has 1 fully saturated rings. The van der Waals surface area contributed by atoms with Gasteiger partial charge >= 0.3 is 0 Å². The molecule has 0 N–H and O–H groups in total. The molecule has 0 radical (unpaired) electrons. The molecular weight excluding hydrogens is 218 g/mol. The van der Waals surface area contributed by atoms with Crippen molar-refractivity contribution < 1.29 is 4.11 Å². The molecule has 0 bridgehead atoms. The zero-order chi connectivity index (χ0) is 16.0. The summed E-state index contributed by atoms with van der Waals surface area (Å²) in [5.41, 5.74) is -0.0511. The van der Waals surface area contributed by atoms with E-state index >= 15 is 0 Å². The first-order valence-corrected chi connectivity index (χ1v) is 7.05. The van der Waals surface area contributed by atoms with E-state index in [9.17, 15) is 0 Å². The van der Waals surface area contributed by atoms with Crippen LogP contribution in [0.2, 0.25) is 0 Å². The number of hydrogen-bond acceptors (Lipinski definition) is 1. The van der Waals surface area contributed by atoms with Crippen molar-refractivity contribution in [1.82, 2.24) is 4.90 Å². The van der Waals surface area contributed by atoms with Gasteiger partial charge in [0.2, 0.25) is 0 Å². The van der Waals surface area contributed by atoms with E-state index in [-0.39, 0.29) is 7.43 Å². The summed E-state index contributed by atoms with van der Waals surface area (Å²) in [7, 11) is 0. The summed E-state index contributed by atoms with van der Waals surface area (Å²) in [5, 5.41) is 0. The van der Waals surface area contributed by atoms with Crippen molar-refractivity contribution >= 4 is 0 Å². The Hall–Kier alpha value is -0.0400. The van der Waals surface area contributed by atoms with Crippen LogP contribution >= 0.6 is 0 Å². The third kappa shape index (κ3) is 18.3. The highest BCUT2D eigenvalue weighted by atomic mass is 15.1. The minimum absolute atomic E-state index is 0. The van der Waals surface area contributed by atoms with Crippen LogP contribution in [0.15, 0.2) is 0 Å². The lowest BCUT2D eigenvalue weighted by Crippen LogP contribution is -2.32. The van der Waals surface area contributed by atoms with Crippen molar-refractivity contribution in [2.24, 2.45) is 10.8 Å². The lowest BCUT2D eigenvalue weighted by molar-refractivity contribution is 0.196. The Labute approximate surface area is 122 Å². The minimum atomic E-state index is -1.81. The van der Waals surface area contributed by atoms with Gasteiger partial charge in [0.05, 0.1) is 0 Å². The van der Waals surface area contributed by atoms with Gasteiger partial charge in [-0.2, -0.15) is 0 Å². The Bertz CT molecular complexity index is 241. The van der Waals surface area contributed by atoms with E-state index in [1.807, 2.05) is 0 Å². The molecule has 112 valence electrons. The smallest absolute Gasteiger partial charge is 0.0236 e. The van der Waals surface area contributed by atoms with Gasteiger partial charge in [-0.05, 0) is 49.7 Å². The Morgan fingerprint density at radius 2 is 1.39 bits per heavy atom. The lowest BCUT2D eigenvalue weighted by atomic mass is 9.92. The molecule has 0 saturated carbocycles. The van der Waals surface area contributed by atoms with Gasteiger partial charge < -0.3 is 4.90 Å². The van der Waals surface area contributed by atoms with Gasteiger partial charge in [0.15, 0.2) is 0 Å². The second-order valence-electron chi connectivity index (χ2n) is 7.46. The van der Waals surface area contributed by atoms with Crippen LogP contribution in [-0.2, 0) is 0 Å². The van der Waals surface area contributed by atoms with Gasteiger partial charge in [-0.1, -0.05) is 62.2 Å². The normalized spacial score (nSPS) is 20.7. The van der Waals surface area contributed by atoms with Gasteiger partial charge in [0.1, 0.15) is 0 Å². The second-order valence-corrected chi connectivity index (χ2v) is 7.46. The van der Waals surface area contributed by atoms with Crippen LogP contribution < -0.4 is 0 Å². The van der Waals surface area contributed by atoms with Crippen molar-refractivity contribution in [2.75, 3.05) is 19.6 Å². The molecule has 0 aromatic carbocycles. The number of likely N-dealkylation sites (tertiary alicyclic amines) is 1. The van der Waals surface area contributed by atoms with E-state index in [2.05, 4.69) is 25.7 Å². The van der Waals surface area contributed by atoms with E-state index in [4.69, 9.17) is 4.11 Å². The minimum Gasteiger partial charge on any atom is -0.303 e. The van der Waals surface area contributed by atoms with Crippen LogP contribution in [-0.4, -0.2) is 24.5 Å². The summed E-state index contributed by atoms with van der Waals surface area (Å²) < 4.78 is 20.8. The van der Waals surface area contributed by atoms with E-state index in [0.717, 1.165) is 0 Å². The lowest BCUT2D eigenvalue weighted by Gasteiger charge is -2.29. The summed E-state index contributed by atoms with van der Waals surface area (Å²) in [6.07, 6.45) is 5.63. The Morgan fingerprint density at radius 3 is 1.72 bits per heavy atom. The zero-order valence-electron chi connectivity index (χ0n) is 15.9. The number of nitrogens with zero attached hydrogens (tertiary/aromatic N) is 1. The van der Waals surface area contributed by atoms with Gasteiger partial charge in [-0.25, -0.2) is 0 Å². The quantitative estimate of drug-likeness (QED) is 0.625. The average molecular weight is 261 g/mol. The van der Waals surface area contributed by atoms with Crippen LogP contribution in [0.5, 0.6) is 0 Å². The molecule has 1 rings (SSSR count). The topological polar surface area (TPSA) is 3.24 Å². The molecule has 1 heterocycles. The highest BCUT2D eigenvalue weighted by Crippen LogP contribution is 2.20. The maximum atomic E-state index is 6.92. The molecule has 1 aliphatic rings. The molecule has 0 atom stereocenters. The Kier molecular flexibility index (Phi) is 7.15. The molecule has 1 heteroatoms. The maximum absolute atomic E-state index is 6.92. The summed E-state index contributed by atoms with van der Waals surface area (Å²) in [5.74, 6) is 0. The highest BCUT2D eigenvalue weighted by Gasteiger charge is 2.14.